The summed E-state index contributed by atoms with van der Waals surface area (Å²) >= 11 is 0. The standard InChI is InChI=1S/C20H26BNO8/c1-20(2,3)19(26)29-11-28-18(25)15-6-4-5-12-9-13(21(27)30-17(12)15)10-14(23)7-8-16(22)24/h4-6,13,27H,7-11H2,1-3H3,(H2,22,24)/t13-/m1/s1. The number of hydrogen-bond donors (Lipinski definition) is 2. The molecule has 1 aromatic rings. The van der Waals surface area contributed by atoms with Crippen molar-refractivity contribution in [3.63, 3.8) is 0 Å². The van der Waals surface area contributed by atoms with Crippen LogP contribution in [0.4, 0.5) is 0 Å². The van der Waals surface area contributed by atoms with Gasteiger partial charge < -0.3 is 24.9 Å². The first-order valence-electron chi connectivity index (χ1n) is 9.60. The molecule has 0 aliphatic carbocycles. The zero-order valence-electron chi connectivity index (χ0n) is 17.3. The molecular formula is C20H26BNO8. The van der Waals surface area contributed by atoms with Crippen molar-refractivity contribution < 1.29 is 38.3 Å². The van der Waals surface area contributed by atoms with E-state index in [4.69, 9.17) is 19.9 Å². The van der Waals surface area contributed by atoms with Gasteiger partial charge in [-0.3, -0.25) is 14.4 Å². The van der Waals surface area contributed by atoms with Crippen LogP contribution >= 0.6 is 0 Å². The number of benzene rings is 1. The van der Waals surface area contributed by atoms with Gasteiger partial charge in [-0.1, -0.05) is 12.1 Å². The Hall–Kier alpha value is -2.88. The molecule has 0 saturated carbocycles. The average Bonchev–Trinajstić information content (AvgIpc) is 2.65. The minimum atomic E-state index is -1.30. The maximum atomic E-state index is 12.4. The van der Waals surface area contributed by atoms with Gasteiger partial charge in [0.25, 0.3) is 0 Å². The SMILES string of the molecule is CC(C)(C)C(=O)OCOC(=O)c1cccc2c1OB(O)[C@@H](CC(=O)CCC(N)=O)C2. The second kappa shape index (κ2) is 9.75. The first-order chi connectivity index (χ1) is 14.0. The minimum Gasteiger partial charge on any atom is -0.535 e. The number of ketones is 1. The molecule has 0 saturated heterocycles. The number of carbonyl (C=O) groups is 4. The second-order valence-corrected chi connectivity index (χ2v) is 8.21. The zero-order valence-corrected chi connectivity index (χ0v) is 17.3. The highest BCUT2D eigenvalue weighted by molar-refractivity contribution is 6.47. The molecule has 10 heteroatoms. The van der Waals surface area contributed by atoms with Crippen molar-refractivity contribution in [2.45, 2.75) is 52.3 Å². The Kier molecular flexibility index (Phi) is 7.61. The van der Waals surface area contributed by atoms with E-state index in [9.17, 15) is 24.2 Å². The van der Waals surface area contributed by atoms with Gasteiger partial charge in [0.05, 0.1) is 5.41 Å². The first-order valence-corrected chi connectivity index (χ1v) is 9.60. The summed E-state index contributed by atoms with van der Waals surface area (Å²) in [7, 11) is -1.30. The van der Waals surface area contributed by atoms with Gasteiger partial charge in [-0.25, -0.2) is 4.79 Å². The number of fused-ring (bicyclic) bond motifs is 1. The van der Waals surface area contributed by atoms with E-state index in [0.29, 0.717) is 12.0 Å². The molecule has 1 amide bonds. The van der Waals surface area contributed by atoms with E-state index >= 15 is 0 Å². The lowest BCUT2D eigenvalue weighted by Crippen LogP contribution is -2.36. The zero-order chi connectivity index (χ0) is 22.5. The fourth-order valence-corrected chi connectivity index (χ4v) is 2.91. The summed E-state index contributed by atoms with van der Waals surface area (Å²) in [6.07, 6.45) is 0.282. The predicted octanol–water partition coefficient (Wildman–Crippen LogP) is 1.40. The van der Waals surface area contributed by atoms with Crippen molar-refractivity contribution in [1.29, 1.82) is 0 Å². The first kappa shape index (κ1) is 23.4. The van der Waals surface area contributed by atoms with Crippen molar-refractivity contribution in [3.05, 3.63) is 29.3 Å². The third-order valence-electron chi connectivity index (χ3n) is 4.57. The molecule has 1 aromatic carbocycles. The number of nitrogens with two attached hydrogens (primary N) is 1. The van der Waals surface area contributed by atoms with Gasteiger partial charge in [0.2, 0.25) is 12.7 Å². The van der Waals surface area contributed by atoms with E-state index < -0.39 is 43.0 Å². The van der Waals surface area contributed by atoms with E-state index in [0.717, 1.165) is 0 Å². The topological polar surface area (TPSA) is 142 Å². The number of para-hydroxylation sites is 1. The fraction of sp³-hybridized carbons (Fsp3) is 0.500. The molecule has 0 fully saturated rings. The highest BCUT2D eigenvalue weighted by Gasteiger charge is 2.38. The van der Waals surface area contributed by atoms with Crippen LogP contribution in [-0.4, -0.2) is 42.6 Å². The summed E-state index contributed by atoms with van der Waals surface area (Å²) in [5, 5.41) is 10.3. The van der Waals surface area contributed by atoms with E-state index in [-0.39, 0.29) is 36.4 Å². The lowest BCUT2D eigenvalue weighted by atomic mass is 9.64. The average molecular weight is 419 g/mol. The molecule has 1 aliphatic heterocycles. The number of amides is 1. The number of rotatable bonds is 8. The van der Waals surface area contributed by atoms with Crippen LogP contribution in [0.1, 0.15) is 56.0 Å². The fourth-order valence-electron chi connectivity index (χ4n) is 2.91. The Morgan fingerprint density at radius 2 is 1.90 bits per heavy atom. The van der Waals surface area contributed by atoms with Crippen molar-refractivity contribution in [2.24, 2.45) is 11.1 Å². The van der Waals surface area contributed by atoms with E-state index in [1.807, 2.05) is 0 Å². The molecule has 1 heterocycles. The van der Waals surface area contributed by atoms with Crippen LogP contribution in [-0.2, 0) is 30.3 Å². The Morgan fingerprint density at radius 1 is 1.20 bits per heavy atom. The number of carbonyl (C=O) groups excluding carboxylic acids is 4. The number of primary amides is 1. The largest absolute Gasteiger partial charge is 0.535 e. The molecule has 1 aliphatic rings. The van der Waals surface area contributed by atoms with E-state index in [2.05, 4.69) is 0 Å². The van der Waals surface area contributed by atoms with E-state index in [1.54, 1.807) is 32.9 Å². The van der Waals surface area contributed by atoms with Crippen LogP contribution in [0.15, 0.2) is 18.2 Å². The molecule has 3 N–H and O–H groups in total. The maximum absolute atomic E-state index is 12.4. The smallest absolute Gasteiger partial charge is 0.526 e. The molecule has 2 rings (SSSR count). The predicted molar refractivity (Wildman–Crippen MR) is 106 cm³/mol. The molecular weight excluding hydrogens is 393 g/mol. The second-order valence-electron chi connectivity index (χ2n) is 8.21. The Morgan fingerprint density at radius 3 is 2.53 bits per heavy atom. The van der Waals surface area contributed by atoms with Crippen molar-refractivity contribution in [3.8, 4) is 5.75 Å². The van der Waals surface area contributed by atoms with Crippen molar-refractivity contribution >= 4 is 30.7 Å². The lowest BCUT2D eigenvalue weighted by Gasteiger charge is -2.28. The number of esters is 2. The number of Topliss-reactive ketones (excluding diaryl/α,β-unsaturated/α-hetero) is 1. The number of ether oxygens (including phenoxy) is 2. The van der Waals surface area contributed by atoms with Crippen LogP contribution in [0.3, 0.4) is 0 Å². The van der Waals surface area contributed by atoms with Crippen LogP contribution in [0, 0.1) is 5.41 Å². The van der Waals surface area contributed by atoms with Gasteiger partial charge in [-0.15, -0.1) is 0 Å². The molecule has 0 aromatic heterocycles. The molecule has 0 unspecified atom stereocenters. The Bertz CT molecular complexity index is 833. The molecule has 30 heavy (non-hydrogen) atoms. The van der Waals surface area contributed by atoms with Gasteiger partial charge in [-0.05, 0) is 38.8 Å². The summed E-state index contributed by atoms with van der Waals surface area (Å²) in [4.78, 5) is 46.9. The summed E-state index contributed by atoms with van der Waals surface area (Å²) in [6.45, 7) is 4.48. The number of hydrogen-bond acceptors (Lipinski definition) is 8. The molecule has 0 spiro atoms. The van der Waals surface area contributed by atoms with Crippen molar-refractivity contribution in [2.75, 3.05) is 6.79 Å². The van der Waals surface area contributed by atoms with Crippen LogP contribution in [0.2, 0.25) is 5.82 Å². The molecule has 9 nitrogen and oxygen atoms in total. The third-order valence-corrected chi connectivity index (χ3v) is 4.57. The monoisotopic (exact) mass is 419 g/mol. The van der Waals surface area contributed by atoms with Gasteiger partial charge in [0.15, 0.2) is 0 Å². The normalized spacial score (nSPS) is 15.6. The van der Waals surface area contributed by atoms with Crippen LogP contribution < -0.4 is 10.4 Å². The van der Waals surface area contributed by atoms with Crippen LogP contribution in [0.25, 0.3) is 0 Å². The summed E-state index contributed by atoms with van der Waals surface area (Å²) < 4.78 is 15.4. The minimum absolute atomic E-state index is 0.00502. The van der Waals surface area contributed by atoms with Gasteiger partial charge >= 0.3 is 19.1 Å². The summed E-state index contributed by atoms with van der Waals surface area (Å²) in [5.74, 6) is -2.40. The molecule has 1 atom stereocenters. The lowest BCUT2D eigenvalue weighted by molar-refractivity contribution is -0.161. The van der Waals surface area contributed by atoms with Crippen LogP contribution in [0.5, 0.6) is 5.75 Å². The highest BCUT2D eigenvalue weighted by atomic mass is 16.7. The Balaban J connectivity index is 2.01. The highest BCUT2D eigenvalue weighted by Crippen LogP contribution is 2.36. The maximum Gasteiger partial charge on any atom is 0.526 e. The van der Waals surface area contributed by atoms with Crippen molar-refractivity contribution in [1.82, 2.24) is 0 Å². The van der Waals surface area contributed by atoms with Gasteiger partial charge in [0, 0.05) is 25.1 Å². The molecule has 0 radical (unpaired) electrons. The van der Waals surface area contributed by atoms with Gasteiger partial charge in [-0.2, -0.15) is 0 Å². The third kappa shape index (κ3) is 6.31. The molecule has 162 valence electrons. The Labute approximate surface area is 175 Å². The quantitative estimate of drug-likeness (QED) is 0.366. The van der Waals surface area contributed by atoms with Gasteiger partial charge in [0.1, 0.15) is 17.1 Å². The molecule has 0 bridgehead atoms. The summed E-state index contributed by atoms with van der Waals surface area (Å²) in [5.41, 5.74) is 5.03. The summed E-state index contributed by atoms with van der Waals surface area (Å²) in [6, 6.07) is 4.82. The van der Waals surface area contributed by atoms with E-state index in [1.165, 1.54) is 6.07 Å².